The molecule has 33 heavy (non-hydrogen) atoms. The van der Waals surface area contributed by atoms with Crippen LogP contribution >= 0.6 is 11.3 Å². The molecule has 8 nitrogen and oxygen atoms in total. The Bertz CT molecular complexity index is 1030. The summed E-state index contributed by atoms with van der Waals surface area (Å²) in [6.45, 7) is 6.40. The highest BCUT2D eigenvalue weighted by atomic mass is 32.1. The van der Waals surface area contributed by atoms with E-state index in [9.17, 15) is 19.8 Å². The normalized spacial score (nSPS) is 19.4. The van der Waals surface area contributed by atoms with E-state index in [1.807, 2.05) is 0 Å². The number of carbonyl (C=O) groups is 2. The van der Waals surface area contributed by atoms with Gasteiger partial charge in [-0.3, -0.25) is 14.5 Å². The first kappa shape index (κ1) is 23.3. The van der Waals surface area contributed by atoms with Crippen molar-refractivity contribution in [1.29, 1.82) is 0 Å². The number of morpholine rings is 1. The Labute approximate surface area is 196 Å². The highest BCUT2D eigenvalue weighted by Gasteiger charge is 2.44. The monoisotopic (exact) mass is 472 g/mol. The summed E-state index contributed by atoms with van der Waals surface area (Å²) in [5.74, 6) is -1.21. The minimum absolute atomic E-state index is 0.0249. The summed E-state index contributed by atoms with van der Waals surface area (Å²) < 4.78 is 10.9. The van der Waals surface area contributed by atoms with Gasteiger partial charge in [-0.1, -0.05) is 12.1 Å². The number of ether oxygens (including phenoxy) is 2. The number of rotatable bonds is 9. The molecule has 0 spiro atoms. The molecule has 0 aliphatic carbocycles. The smallest absolute Gasteiger partial charge is 0.290 e. The molecule has 0 radical (unpaired) electrons. The van der Waals surface area contributed by atoms with Gasteiger partial charge in [-0.25, -0.2) is 0 Å². The molecule has 176 valence electrons. The number of amides is 1. The van der Waals surface area contributed by atoms with Gasteiger partial charge in [-0.05, 0) is 42.5 Å². The van der Waals surface area contributed by atoms with Crippen molar-refractivity contribution >= 4 is 23.0 Å². The maximum atomic E-state index is 13.3. The number of aliphatic hydroxyl groups is 1. The van der Waals surface area contributed by atoms with Crippen molar-refractivity contribution in [2.75, 3.05) is 46.0 Å². The number of phenolic OH excluding ortho intramolecular Hbond substituents is 1. The molecule has 1 amide bonds. The second-order valence-corrected chi connectivity index (χ2v) is 8.89. The zero-order valence-electron chi connectivity index (χ0n) is 18.5. The summed E-state index contributed by atoms with van der Waals surface area (Å²) in [5.41, 5.74) is 0.655. The summed E-state index contributed by atoms with van der Waals surface area (Å²) >= 11 is 1.26. The van der Waals surface area contributed by atoms with Gasteiger partial charge in [0.05, 0.1) is 36.3 Å². The van der Waals surface area contributed by atoms with Crippen LogP contribution in [0.2, 0.25) is 0 Å². The molecule has 9 heteroatoms. The third kappa shape index (κ3) is 4.90. The van der Waals surface area contributed by atoms with Crippen LogP contribution in [0.25, 0.3) is 0 Å². The van der Waals surface area contributed by atoms with Crippen LogP contribution in [0.4, 0.5) is 0 Å². The number of hydrogen-bond donors (Lipinski definition) is 2. The molecular weight excluding hydrogens is 444 g/mol. The Kier molecular flexibility index (Phi) is 7.32. The molecule has 0 unspecified atom stereocenters. The molecule has 0 bridgehead atoms. The van der Waals surface area contributed by atoms with Crippen LogP contribution in [-0.4, -0.2) is 77.7 Å². The predicted octanol–water partition coefficient (Wildman–Crippen LogP) is 3.15. The van der Waals surface area contributed by atoms with Crippen molar-refractivity contribution in [3.05, 3.63) is 57.5 Å². The van der Waals surface area contributed by atoms with E-state index in [-0.39, 0.29) is 22.9 Å². The number of nitrogens with zero attached hydrogens (tertiary/aromatic N) is 2. The molecule has 2 N–H and O–H groups in total. The first-order valence-corrected chi connectivity index (χ1v) is 12.0. The molecule has 1 aromatic carbocycles. The van der Waals surface area contributed by atoms with Crippen LogP contribution in [0.1, 0.15) is 34.6 Å². The number of thiophene rings is 1. The van der Waals surface area contributed by atoms with Crippen LogP contribution in [0, 0.1) is 0 Å². The van der Waals surface area contributed by atoms with Crippen LogP contribution in [0.5, 0.6) is 11.5 Å². The van der Waals surface area contributed by atoms with Gasteiger partial charge in [0.2, 0.25) is 5.78 Å². The second kappa shape index (κ2) is 10.4. The topological polar surface area (TPSA) is 99.5 Å². The Morgan fingerprint density at radius 2 is 2.00 bits per heavy atom. The van der Waals surface area contributed by atoms with Gasteiger partial charge in [0.25, 0.3) is 5.91 Å². The molecule has 1 aromatic heterocycles. The Morgan fingerprint density at radius 1 is 1.21 bits per heavy atom. The zero-order chi connectivity index (χ0) is 23.4. The van der Waals surface area contributed by atoms with Crippen LogP contribution in [0.3, 0.4) is 0 Å². The molecule has 2 aliphatic heterocycles. The largest absolute Gasteiger partial charge is 0.504 e. The fraction of sp³-hybridized carbons (Fsp3) is 0.417. The van der Waals surface area contributed by atoms with E-state index < -0.39 is 17.7 Å². The number of carbonyl (C=O) groups excluding carboxylic acids is 2. The van der Waals surface area contributed by atoms with Crippen molar-refractivity contribution in [2.24, 2.45) is 0 Å². The van der Waals surface area contributed by atoms with Gasteiger partial charge < -0.3 is 24.6 Å². The number of aliphatic hydroxyl groups excluding tert-OH is 1. The lowest BCUT2D eigenvalue weighted by Crippen LogP contribution is -2.39. The summed E-state index contributed by atoms with van der Waals surface area (Å²) in [4.78, 5) is 30.7. The molecule has 1 saturated heterocycles. The van der Waals surface area contributed by atoms with Crippen molar-refractivity contribution in [3.63, 3.8) is 0 Å². The lowest BCUT2D eigenvalue weighted by atomic mass is 9.95. The van der Waals surface area contributed by atoms with Gasteiger partial charge in [0.15, 0.2) is 17.3 Å². The number of Topliss-reactive ketones (excluding diaryl/α,β-unsaturated/α-hetero) is 1. The van der Waals surface area contributed by atoms with Gasteiger partial charge in [-0.15, -0.1) is 11.3 Å². The van der Waals surface area contributed by atoms with Gasteiger partial charge >= 0.3 is 0 Å². The second-order valence-electron chi connectivity index (χ2n) is 7.94. The number of hydrogen-bond acceptors (Lipinski definition) is 8. The quantitative estimate of drug-likeness (QED) is 0.541. The first-order valence-electron chi connectivity index (χ1n) is 11.1. The van der Waals surface area contributed by atoms with Crippen molar-refractivity contribution in [2.45, 2.75) is 19.4 Å². The van der Waals surface area contributed by atoms with Crippen LogP contribution in [0.15, 0.2) is 47.0 Å². The minimum atomic E-state index is -0.767. The summed E-state index contributed by atoms with van der Waals surface area (Å²) in [6.07, 6.45) is 0.687. The zero-order valence-corrected chi connectivity index (χ0v) is 19.3. The highest BCUT2D eigenvalue weighted by Crippen LogP contribution is 2.42. The molecule has 0 saturated carbocycles. The van der Waals surface area contributed by atoms with Crippen molar-refractivity contribution in [1.82, 2.24) is 9.80 Å². The van der Waals surface area contributed by atoms with E-state index in [0.717, 1.165) is 19.6 Å². The minimum Gasteiger partial charge on any atom is -0.504 e. The van der Waals surface area contributed by atoms with E-state index in [1.54, 1.807) is 41.5 Å². The molecule has 3 heterocycles. The van der Waals surface area contributed by atoms with Gasteiger partial charge in [-0.2, -0.15) is 0 Å². The van der Waals surface area contributed by atoms with E-state index in [2.05, 4.69) is 4.90 Å². The SMILES string of the molecule is CCOc1cc([C@H]2C(C(=O)c3cccs3)=C(O)C(=O)N2CCCN2CCOCC2)ccc1O. The van der Waals surface area contributed by atoms with E-state index >= 15 is 0 Å². The standard InChI is InChI=1S/C24H28N2O6S/c1-2-32-18-15-16(6-7-17(18)27)21-20(22(28)19-5-3-14-33-19)23(29)24(30)26(21)9-4-8-25-10-12-31-13-11-25/h3,5-7,14-15,21,27,29H,2,4,8-13H2,1H3/t21-/m0/s1. The summed E-state index contributed by atoms with van der Waals surface area (Å²) in [6, 6.07) is 7.45. The average Bonchev–Trinajstić information content (AvgIpc) is 3.44. The third-order valence-corrected chi connectivity index (χ3v) is 6.74. The first-order chi connectivity index (χ1) is 16.0. The summed E-state index contributed by atoms with van der Waals surface area (Å²) in [5, 5.41) is 22.7. The molecule has 1 atom stereocenters. The Morgan fingerprint density at radius 3 is 2.70 bits per heavy atom. The lowest BCUT2D eigenvalue weighted by Gasteiger charge is -2.30. The van der Waals surface area contributed by atoms with E-state index in [4.69, 9.17) is 9.47 Å². The van der Waals surface area contributed by atoms with Crippen molar-refractivity contribution < 1.29 is 29.3 Å². The van der Waals surface area contributed by atoms with Gasteiger partial charge in [0.1, 0.15) is 0 Å². The molecule has 2 aromatic rings. The lowest BCUT2D eigenvalue weighted by molar-refractivity contribution is -0.129. The number of ketones is 1. The summed E-state index contributed by atoms with van der Waals surface area (Å²) in [7, 11) is 0. The van der Waals surface area contributed by atoms with Crippen LogP contribution < -0.4 is 4.74 Å². The fourth-order valence-electron chi connectivity index (χ4n) is 4.26. The number of benzene rings is 1. The maximum Gasteiger partial charge on any atom is 0.290 e. The van der Waals surface area contributed by atoms with E-state index in [1.165, 1.54) is 17.4 Å². The Balaban J connectivity index is 1.64. The van der Waals surface area contributed by atoms with Gasteiger partial charge in [0, 0.05) is 26.2 Å². The number of aromatic hydroxyl groups is 1. The fourth-order valence-corrected chi connectivity index (χ4v) is 4.94. The molecule has 4 rings (SSSR count). The molecule has 1 fully saturated rings. The maximum absolute atomic E-state index is 13.3. The predicted molar refractivity (Wildman–Crippen MR) is 124 cm³/mol. The highest BCUT2D eigenvalue weighted by molar-refractivity contribution is 7.12. The third-order valence-electron chi connectivity index (χ3n) is 5.87. The van der Waals surface area contributed by atoms with Crippen LogP contribution in [-0.2, 0) is 9.53 Å². The number of phenols is 1. The molecule has 2 aliphatic rings. The van der Waals surface area contributed by atoms with E-state index in [0.29, 0.717) is 43.2 Å². The molecular formula is C24H28N2O6S. The van der Waals surface area contributed by atoms with Crippen molar-refractivity contribution in [3.8, 4) is 11.5 Å². The average molecular weight is 473 g/mol. The Hall–Kier alpha value is -2.88.